The Bertz CT molecular complexity index is 129. The topological polar surface area (TPSA) is 37.3 Å². The average Bonchev–Trinajstić information content (AvgIpc) is 1.97. The Kier molecular flexibility index (Phi) is 6.93. The molecule has 0 bridgehead atoms. The van der Waals surface area contributed by atoms with Crippen LogP contribution in [0.15, 0.2) is 0 Å². The molecule has 0 heterocycles. The van der Waals surface area contributed by atoms with Crippen LogP contribution in [0.1, 0.15) is 26.7 Å². The van der Waals surface area contributed by atoms with Gasteiger partial charge in [0.25, 0.3) is 0 Å². The fourth-order valence-electron chi connectivity index (χ4n) is 0.451. The van der Waals surface area contributed by atoms with Crippen LogP contribution in [0, 0.1) is 0 Å². The van der Waals surface area contributed by atoms with Gasteiger partial charge in [0.1, 0.15) is 0 Å². The van der Waals surface area contributed by atoms with Gasteiger partial charge in [0, 0.05) is 11.5 Å². The fraction of sp³-hybridized carbons (Fsp3) is 1.00. The van der Waals surface area contributed by atoms with Crippen LogP contribution in [-0.2, 0) is 4.57 Å². The van der Waals surface area contributed by atoms with E-state index >= 15 is 0 Å². The molecule has 0 rings (SSSR count). The highest BCUT2D eigenvalue weighted by Gasteiger charge is 2.17. The molecule has 0 unspecified atom stereocenters. The Morgan fingerprint density at radius 2 is 1.55 bits per heavy atom. The Hall–Kier alpha value is 0.890. The van der Waals surface area contributed by atoms with E-state index in [-0.39, 0.29) is 0 Å². The minimum absolute atomic E-state index is 0.782. The van der Waals surface area contributed by atoms with E-state index < -0.39 is 5.77 Å². The van der Waals surface area contributed by atoms with Crippen molar-refractivity contribution in [1.29, 1.82) is 0 Å². The Morgan fingerprint density at radius 3 is 1.82 bits per heavy atom. The third-order valence-corrected chi connectivity index (χ3v) is 7.70. The first-order valence-electron chi connectivity index (χ1n) is 3.74. The van der Waals surface area contributed by atoms with Gasteiger partial charge in [-0.15, -0.1) is 0 Å². The summed E-state index contributed by atoms with van der Waals surface area (Å²) in [5.41, 5.74) is 0. The molecular weight excluding hydrogens is 199 g/mol. The van der Waals surface area contributed by atoms with E-state index in [1.165, 1.54) is 22.8 Å². The molecule has 0 radical (unpaired) electrons. The fourth-order valence-corrected chi connectivity index (χ4v) is 6.07. The molecule has 11 heavy (non-hydrogen) atoms. The van der Waals surface area contributed by atoms with Gasteiger partial charge >= 0.3 is 5.77 Å². The maximum Gasteiger partial charge on any atom is 0.310 e. The molecule has 1 N–H and O–H groups in total. The van der Waals surface area contributed by atoms with Crippen molar-refractivity contribution in [2.75, 3.05) is 11.5 Å². The lowest BCUT2D eigenvalue weighted by molar-refractivity contribution is 0.514. The maximum atomic E-state index is 11.2. The van der Waals surface area contributed by atoms with Gasteiger partial charge in [-0.25, -0.2) is 0 Å². The normalized spacial score (nSPS) is 11.9. The summed E-state index contributed by atoms with van der Waals surface area (Å²) in [7, 11) is 0. The molecule has 0 aromatic carbocycles. The highest BCUT2D eigenvalue weighted by atomic mass is 33.1. The van der Waals surface area contributed by atoms with Gasteiger partial charge in [0.05, 0.1) is 0 Å². The summed E-state index contributed by atoms with van der Waals surface area (Å²) in [5, 5.41) is 0. The van der Waals surface area contributed by atoms with E-state index in [0.29, 0.717) is 0 Å². The van der Waals surface area contributed by atoms with Crippen molar-refractivity contribution >= 4 is 28.5 Å². The zero-order chi connectivity index (χ0) is 8.74. The molecule has 0 aliphatic carbocycles. The summed E-state index contributed by atoms with van der Waals surface area (Å²) in [4.78, 5) is 9.26. The number of hydrogen-bond acceptors (Lipinski definition) is 3. The summed E-state index contributed by atoms with van der Waals surface area (Å²) in [6.45, 7) is 4.02. The average molecular weight is 214 g/mol. The molecule has 0 aliphatic rings. The van der Waals surface area contributed by atoms with Crippen molar-refractivity contribution in [2.45, 2.75) is 26.7 Å². The second-order valence-corrected chi connectivity index (χ2v) is 9.62. The van der Waals surface area contributed by atoms with Gasteiger partial charge in [-0.2, -0.15) is 0 Å². The van der Waals surface area contributed by atoms with Crippen molar-refractivity contribution in [3.63, 3.8) is 0 Å². The second kappa shape index (κ2) is 6.41. The van der Waals surface area contributed by atoms with E-state index in [1.54, 1.807) is 0 Å². The first-order valence-corrected chi connectivity index (χ1v) is 8.58. The van der Waals surface area contributed by atoms with Gasteiger partial charge in [-0.05, 0) is 12.8 Å². The summed E-state index contributed by atoms with van der Waals surface area (Å²) >= 11 is 2.39. The Balaban J connectivity index is 3.53. The monoisotopic (exact) mass is 214 g/mol. The molecule has 68 valence electrons. The molecule has 0 spiro atoms. The minimum atomic E-state index is -2.89. The van der Waals surface area contributed by atoms with Crippen LogP contribution in [-0.4, -0.2) is 16.4 Å². The Labute approximate surface area is 76.5 Å². The smallest absolute Gasteiger partial charge is 0.310 e. The molecule has 0 fully saturated rings. The zero-order valence-electron chi connectivity index (χ0n) is 6.95. The lowest BCUT2D eigenvalue weighted by Crippen LogP contribution is -1.76. The van der Waals surface area contributed by atoms with Gasteiger partial charge < -0.3 is 4.89 Å². The first-order chi connectivity index (χ1) is 5.12. The highest BCUT2D eigenvalue weighted by Crippen LogP contribution is 2.65. The lowest BCUT2D eigenvalue weighted by Gasteiger charge is -2.07. The number of hydrogen-bond donors (Lipinski definition) is 1. The molecule has 0 saturated heterocycles. The number of rotatable bonds is 6. The predicted molar refractivity (Wildman–Crippen MR) is 55.3 cm³/mol. The standard InChI is InChI=1S/C6H15O2PS2/c1-3-5-10-9(7,8)11-6-4-2/h3-6H2,1-2H3,(H,7,8). The molecule has 5 heteroatoms. The van der Waals surface area contributed by atoms with Crippen LogP contribution in [0.2, 0.25) is 0 Å². The van der Waals surface area contributed by atoms with Gasteiger partial charge in [0.2, 0.25) is 0 Å². The van der Waals surface area contributed by atoms with Gasteiger partial charge in [-0.3, -0.25) is 4.57 Å². The van der Waals surface area contributed by atoms with Crippen molar-refractivity contribution in [1.82, 2.24) is 0 Å². The van der Waals surface area contributed by atoms with E-state index in [2.05, 4.69) is 0 Å². The van der Waals surface area contributed by atoms with Crippen LogP contribution in [0.5, 0.6) is 0 Å². The highest BCUT2D eigenvalue weighted by molar-refractivity contribution is 8.88. The van der Waals surface area contributed by atoms with Gasteiger partial charge in [0.15, 0.2) is 0 Å². The molecule has 0 aromatic rings. The molecular formula is C6H15O2PS2. The second-order valence-electron chi connectivity index (χ2n) is 2.14. The molecule has 0 atom stereocenters. The van der Waals surface area contributed by atoms with Crippen LogP contribution < -0.4 is 0 Å². The maximum absolute atomic E-state index is 11.2. The molecule has 0 aliphatic heterocycles. The van der Waals surface area contributed by atoms with E-state index in [4.69, 9.17) is 0 Å². The molecule has 2 nitrogen and oxygen atoms in total. The van der Waals surface area contributed by atoms with Crippen molar-refractivity contribution in [2.24, 2.45) is 0 Å². The molecule has 0 aromatic heterocycles. The first kappa shape index (κ1) is 11.9. The molecule has 0 amide bonds. The minimum Gasteiger partial charge on any atom is -0.329 e. The summed E-state index contributed by atoms with van der Waals surface area (Å²) in [6, 6.07) is 0. The third-order valence-electron chi connectivity index (χ3n) is 0.917. The van der Waals surface area contributed by atoms with Crippen LogP contribution >= 0.6 is 28.5 Å². The quantitative estimate of drug-likeness (QED) is 0.688. The van der Waals surface area contributed by atoms with Crippen LogP contribution in [0.25, 0.3) is 0 Å². The molecule has 0 saturated carbocycles. The van der Waals surface area contributed by atoms with E-state index in [0.717, 1.165) is 24.3 Å². The largest absolute Gasteiger partial charge is 0.329 e. The summed E-state index contributed by atoms with van der Waals surface area (Å²) in [5.74, 6) is -1.33. The Morgan fingerprint density at radius 1 is 1.18 bits per heavy atom. The predicted octanol–water partition coefficient (Wildman–Crippen LogP) is 3.37. The van der Waals surface area contributed by atoms with Crippen molar-refractivity contribution in [3.05, 3.63) is 0 Å². The van der Waals surface area contributed by atoms with Crippen LogP contribution in [0.3, 0.4) is 0 Å². The lowest BCUT2D eigenvalue weighted by atomic mass is 10.6. The summed E-state index contributed by atoms with van der Waals surface area (Å²) in [6.07, 6.45) is 1.92. The third kappa shape index (κ3) is 7.26. The zero-order valence-corrected chi connectivity index (χ0v) is 9.48. The van der Waals surface area contributed by atoms with Gasteiger partial charge in [-0.1, -0.05) is 36.6 Å². The van der Waals surface area contributed by atoms with E-state index in [9.17, 15) is 9.46 Å². The van der Waals surface area contributed by atoms with Crippen molar-refractivity contribution in [3.8, 4) is 0 Å². The summed E-state index contributed by atoms with van der Waals surface area (Å²) < 4.78 is 11.2. The van der Waals surface area contributed by atoms with Crippen LogP contribution in [0.4, 0.5) is 0 Å². The van der Waals surface area contributed by atoms with Crippen molar-refractivity contribution < 1.29 is 9.46 Å². The van der Waals surface area contributed by atoms with E-state index in [1.807, 2.05) is 13.8 Å². The SMILES string of the molecule is CCCSP(=O)(O)SCCC.